The van der Waals surface area contributed by atoms with Gasteiger partial charge in [0.15, 0.2) is 0 Å². The van der Waals surface area contributed by atoms with E-state index in [0.29, 0.717) is 6.42 Å². The molecule has 0 spiro atoms. The van der Waals surface area contributed by atoms with Crippen molar-refractivity contribution in [2.24, 2.45) is 0 Å². The number of phenolic OH excluding ortho intramolecular Hbond substituents is 2. The molecule has 0 aliphatic heterocycles. The van der Waals surface area contributed by atoms with Crippen molar-refractivity contribution in [1.29, 1.82) is 0 Å². The molecule has 1 amide bonds. The Morgan fingerprint density at radius 1 is 1.43 bits per heavy atom. The predicted octanol–water partition coefficient (Wildman–Crippen LogP) is 1.84. The summed E-state index contributed by atoms with van der Waals surface area (Å²) in [6.45, 7) is 1.89. The maximum absolute atomic E-state index is 11.2. The summed E-state index contributed by atoms with van der Waals surface area (Å²) in [6.07, 6.45) is 1.14. The Hall–Kier alpha value is -1.71. The molecular formula is C10H13NO3. The van der Waals surface area contributed by atoms with Gasteiger partial charge in [-0.05, 0) is 18.6 Å². The van der Waals surface area contributed by atoms with Crippen LogP contribution in [0.4, 0.5) is 5.69 Å². The molecule has 0 unspecified atom stereocenters. The van der Waals surface area contributed by atoms with Crippen LogP contribution < -0.4 is 5.32 Å². The van der Waals surface area contributed by atoms with Gasteiger partial charge in [0.05, 0.1) is 5.69 Å². The smallest absolute Gasteiger partial charge is 0.224 e. The van der Waals surface area contributed by atoms with Gasteiger partial charge in [-0.3, -0.25) is 4.79 Å². The molecule has 0 radical (unpaired) electrons. The average molecular weight is 195 g/mol. The molecule has 76 valence electrons. The fraction of sp³-hybridized carbons (Fsp3) is 0.300. The molecule has 1 aromatic carbocycles. The van der Waals surface area contributed by atoms with Gasteiger partial charge in [-0.25, -0.2) is 0 Å². The van der Waals surface area contributed by atoms with Gasteiger partial charge >= 0.3 is 0 Å². The monoisotopic (exact) mass is 195 g/mol. The maximum Gasteiger partial charge on any atom is 0.224 e. The van der Waals surface area contributed by atoms with E-state index in [9.17, 15) is 9.90 Å². The summed E-state index contributed by atoms with van der Waals surface area (Å²) in [4.78, 5) is 11.2. The highest BCUT2D eigenvalue weighted by molar-refractivity contribution is 5.92. The van der Waals surface area contributed by atoms with Crippen LogP contribution in [0, 0.1) is 0 Å². The molecule has 1 aromatic rings. The van der Waals surface area contributed by atoms with Crippen LogP contribution in [0.15, 0.2) is 18.2 Å². The number of aromatic hydroxyl groups is 2. The van der Waals surface area contributed by atoms with E-state index in [1.54, 1.807) is 0 Å². The molecule has 4 heteroatoms. The molecular weight excluding hydrogens is 182 g/mol. The minimum atomic E-state index is -0.173. The Balaban J connectivity index is 2.75. The highest BCUT2D eigenvalue weighted by Gasteiger charge is 2.05. The molecule has 0 atom stereocenters. The minimum Gasteiger partial charge on any atom is -0.508 e. The molecule has 0 aliphatic rings. The molecule has 14 heavy (non-hydrogen) atoms. The fourth-order valence-electron chi connectivity index (χ4n) is 1.06. The first-order chi connectivity index (χ1) is 6.63. The van der Waals surface area contributed by atoms with Crippen LogP contribution in [0.3, 0.4) is 0 Å². The minimum absolute atomic E-state index is 0.00889. The highest BCUT2D eigenvalue weighted by atomic mass is 16.3. The van der Waals surface area contributed by atoms with Gasteiger partial charge in [0.25, 0.3) is 0 Å². The average Bonchev–Trinajstić information content (AvgIpc) is 2.12. The van der Waals surface area contributed by atoms with Crippen molar-refractivity contribution in [2.75, 3.05) is 5.32 Å². The van der Waals surface area contributed by atoms with Gasteiger partial charge < -0.3 is 15.5 Å². The summed E-state index contributed by atoms with van der Waals surface area (Å²) < 4.78 is 0. The Morgan fingerprint density at radius 3 is 2.79 bits per heavy atom. The van der Waals surface area contributed by atoms with Crippen molar-refractivity contribution in [3.63, 3.8) is 0 Å². The third-order valence-electron chi connectivity index (χ3n) is 1.73. The summed E-state index contributed by atoms with van der Waals surface area (Å²) in [7, 11) is 0. The van der Waals surface area contributed by atoms with Crippen LogP contribution in [0.5, 0.6) is 11.5 Å². The van der Waals surface area contributed by atoms with Crippen molar-refractivity contribution in [3.8, 4) is 11.5 Å². The number of rotatable bonds is 3. The Kier molecular flexibility index (Phi) is 3.34. The van der Waals surface area contributed by atoms with Crippen molar-refractivity contribution in [2.45, 2.75) is 19.8 Å². The zero-order valence-corrected chi connectivity index (χ0v) is 7.95. The molecule has 0 aromatic heterocycles. The van der Waals surface area contributed by atoms with Crippen molar-refractivity contribution in [3.05, 3.63) is 18.2 Å². The van der Waals surface area contributed by atoms with Crippen molar-refractivity contribution in [1.82, 2.24) is 0 Å². The fourth-order valence-corrected chi connectivity index (χ4v) is 1.06. The zero-order chi connectivity index (χ0) is 10.6. The number of phenols is 2. The molecule has 0 fully saturated rings. The summed E-state index contributed by atoms with van der Waals surface area (Å²) in [6, 6.07) is 3.99. The van der Waals surface area contributed by atoms with E-state index in [0.717, 1.165) is 6.42 Å². The second kappa shape index (κ2) is 4.50. The lowest BCUT2D eigenvalue weighted by molar-refractivity contribution is -0.116. The topological polar surface area (TPSA) is 69.6 Å². The number of hydrogen-bond donors (Lipinski definition) is 3. The zero-order valence-electron chi connectivity index (χ0n) is 7.95. The van der Waals surface area contributed by atoms with E-state index in [4.69, 9.17) is 5.11 Å². The Bertz CT molecular complexity index is 336. The Morgan fingerprint density at radius 2 is 2.14 bits per heavy atom. The molecule has 0 aliphatic carbocycles. The SMILES string of the molecule is CCCC(=O)Nc1cc(O)ccc1O. The quantitative estimate of drug-likeness (QED) is 0.509. The standard InChI is InChI=1S/C10H13NO3/c1-2-3-10(14)11-8-6-7(12)4-5-9(8)13/h4-6,12-13H,2-3H2,1H3,(H,11,14). The summed E-state index contributed by atoms with van der Waals surface area (Å²) >= 11 is 0. The lowest BCUT2D eigenvalue weighted by Gasteiger charge is -2.06. The number of amides is 1. The molecule has 1 rings (SSSR count). The van der Waals surface area contributed by atoms with Gasteiger partial charge in [-0.15, -0.1) is 0 Å². The second-order valence-corrected chi connectivity index (χ2v) is 3.00. The Labute approximate surface area is 82.2 Å². The largest absolute Gasteiger partial charge is 0.508 e. The van der Waals surface area contributed by atoms with E-state index < -0.39 is 0 Å². The molecule has 0 saturated carbocycles. The van der Waals surface area contributed by atoms with Crippen LogP contribution in [-0.4, -0.2) is 16.1 Å². The van der Waals surface area contributed by atoms with Crippen LogP contribution in [-0.2, 0) is 4.79 Å². The van der Waals surface area contributed by atoms with Gasteiger partial charge in [0, 0.05) is 12.5 Å². The highest BCUT2D eigenvalue weighted by Crippen LogP contribution is 2.27. The third kappa shape index (κ3) is 2.65. The first-order valence-electron chi connectivity index (χ1n) is 4.45. The molecule has 0 bridgehead atoms. The van der Waals surface area contributed by atoms with Gasteiger partial charge in [-0.1, -0.05) is 6.92 Å². The predicted molar refractivity (Wildman–Crippen MR) is 53.3 cm³/mol. The van der Waals surface area contributed by atoms with E-state index in [1.165, 1.54) is 18.2 Å². The number of benzene rings is 1. The van der Waals surface area contributed by atoms with Crippen molar-refractivity contribution >= 4 is 11.6 Å². The van der Waals surface area contributed by atoms with E-state index >= 15 is 0 Å². The van der Waals surface area contributed by atoms with Gasteiger partial charge in [-0.2, -0.15) is 0 Å². The summed E-state index contributed by atoms with van der Waals surface area (Å²) in [5.74, 6) is -0.213. The molecule has 0 heterocycles. The van der Waals surface area contributed by atoms with Gasteiger partial charge in [0.2, 0.25) is 5.91 Å². The molecule has 3 N–H and O–H groups in total. The van der Waals surface area contributed by atoms with E-state index in [2.05, 4.69) is 5.32 Å². The van der Waals surface area contributed by atoms with Crippen LogP contribution in [0.2, 0.25) is 0 Å². The number of anilines is 1. The first kappa shape index (κ1) is 10.4. The number of hydrogen-bond acceptors (Lipinski definition) is 3. The van der Waals surface area contributed by atoms with Crippen LogP contribution >= 0.6 is 0 Å². The first-order valence-corrected chi connectivity index (χ1v) is 4.45. The number of carbonyl (C=O) groups is 1. The second-order valence-electron chi connectivity index (χ2n) is 3.00. The summed E-state index contributed by atoms with van der Waals surface area (Å²) in [5.41, 5.74) is 0.239. The van der Waals surface area contributed by atoms with Crippen LogP contribution in [0.1, 0.15) is 19.8 Å². The van der Waals surface area contributed by atoms with Crippen LogP contribution in [0.25, 0.3) is 0 Å². The molecule has 4 nitrogen and oxygen atoms in total. The van der Waals surface area contributed by atoms with E-state index in [-0.39, 0.29) is 23.1 Å². The summed E-state index contributed by atoms with van der Waals surface area (Å²) in [5, 5.41) is 20.9. The lowest BCUT2D eigenvalue weighted by atomic mass is 10.2. The van der Waals surface area contributed by atoms with Crippen molar-refractivity contribution < 1.29 is 15.0 Å². The maximum atomic E-state index is 11.2. The number of nitrogens with one attached hydrogen (secondary N) is 1. The molecule has 0 saturated heterocycles. The number of carbonyl (C=O) groups excluding carboxylic acids is 1. The lowest BCUT2D eigenvalue weighted by Crippen LogP contribution is -2.10. The third-order valence-corrected chi connectivity index (χ3v) is 1.73. The normalized spacial score (nSPS) is 9.79. The van der Waals surface area contributed by atoms with Gasteiger partial charge in [0.1, 0.15) is 11.5 Å². The van der Waals surface area contributed by atoms with E-state index in [1.807, 2.05) is 6.92 Å².